The monoisotopic (exact) mass is 294 g/mol. The van der Waals surface area contributed by atoms with Crippen LogP contribution in [0, 0.1) is 17.2 Å². The van der Waals surface area contributed by atoms with Crippen molar-refractivity contribution in [1.82, 2.24) is 9.71 Å². The molecule has 1 aromatic rings. The van der Waals surface area contributed by atoms with Crippen LogP contribution in [0.1, 0.15) is 18.4 Å². The van der Waals surface area contributed by atoms with Crippen LogP contribution in [0.3, 0.4) is 0 Å². The van der Waals surface area contributed by atoms with Crippen LogP contribution in [0.25, 0.3) is 0 Å². The molecule has 1 atom stereocenters. The van der Waals surface area contributed by atoms with Crippen molar-refractivity contribution < 1.29 is 8.42 Å². The molecule has 2 heterocycles. The molecule has 0 amide bonds. The minimum Gasteiger partial charge on any atom is -0.356 e. The van der Waals surface area contributed by atoms with Gasteiger partial charge in [-0.25, -0.2) is 18.1 Å². The van der Waals surface area contributed by atoms with Gasteiger partial charge in [-0.15, -0.1) is 0 Å². The molecule has 1 aliphatic heterocycles. The Morgan fingerprint density at radius 2 is 2.35 bits per heavy atom. The first-order valence-electron chi connectivity index (χ1n) is 6.53. The minimum absolute atomic E-state index is 0.288. The van der Waals surface area contributed by atoms with Crippen LogP contribution in [0.5, 0.6) is 0 Å². The van der Waals surface area contributed by atoms with Gasteiger partial charge in [0.25, 0.3) is 0 Å². The SMILES string of the molecule is CS(=O)(=O)NC[C@@H]1CCCN(c2ccc(C#N)cn2)C1. The summed E-state index contributed by atoms with van der Waals surface area (Å²) in [6.07, 6.45) is 4.76. The van der Waals surface area contributed by atoms with Crippen LogP contribution in [0.15, 0.2) is 18.3 Å². The average Bonchev–Trinajstić information content (AvgIpc) is 2.45. The van der Waals surface area contributed by atoms with E-state index >= 15 is 0 Å². The highest BCUT2D eigenvalue weighted by atomic mass is 32.2. The topological polar surface area (TPSA) is 86.1 Å². The van der Waals surface area contributed by atoms with Crippen LogP contribution >= 0.6 is 0 Å². The van der Waals surface area contributed by atoms with E-state index < -0.39 is 10.0 Å². The van der Waals surface area contributed by atoms with Gasteiger partial charge in [-0.3, -0.25) is 0 Å². The maximum atomic E-state index is 11.1. The molecule has 1 fully saturated rings. The first-order chi connectivity index (χ1) is 9.48. The van der Waals surface area contributed by atoms with Crippen molar-refractivity contribution in [2.24, 2.45) is 5.92 Å². The van der Waals surface area contributed by atoms with Crippen molar-refractivity contribution >= 4 is 15.8 Å². The molecule has 0 saturated carbocycles. The van der Waals surface area contributed by atoms with Gasteiger partial charge >= 0.3 is 0 Å². The molecular weight excluding hydrogens is 276 g/mol. The van der Waals surface area contributed by atoms with Crippen molar-refractivity contribution in [2.45, 2.75) is 12.8 Å². The summed E-state index contributed by atoms with van der Waals surface area (Å²) in [7, 11) is -3.13. The van der Waals surface area contributed by atoms with Crippen LogP contribution in [0.4, 0.5) is 5.82 Å². The van der Waals surface area contributed by atoms with Gasteiger partial charge in [-0.2, -0.15) is 5.26 Å². The predicted octanol–water partition coefficient (Wildman–Crippen LogP) is 0.719. The zero-order valence-corrected chi connectivity index (χ0v) is 12.2. The van der Waals surface area contributed by atoms with Gasteiger partial charge in [0.15, 0.2) is 0 Å². The van der Waals surface area contributed by atoms with E-state index in [0.717, 1.165) is 31.7 Å². The predicted molar refractivity (Wildman–Crippen MR) is 76.7 cm³/mol. The Morgan fingerprint density at radius 3 is 2.95 bits per heavy atom. The van der Waals surface area contributed by atoms with Crippen molar-refractivity contribution in [3.05, 3.63) is 23.9 Å². The molecule has 0 aliphatic carbocycles. The quantitative estimate of drug-likeness (QED) is 0.884. The first-order valence-corrected chi connectivity index (χ1v) is 8.43. The Balaban J connectivity index is 1.97. The molecule has 20 heavy (non-hydrogen) atoms. The van der Waals surface area contributed by atoms with E-state index in [2.05, 4.69) is 14.6 Å². The average molecular weight is 294 g/mol. The molecule has 1 aromatic heterocycles. The third-order valence-electron chi connectivity index (χ3n) is 3.35. The summed E-state index contributed by atoms with van der Waals surface area (Å²) >= 11 is 0. The Kier molecular flexibility index (Phi) is 4.57. The van der Waals surface area contributed by atoms with E-state index in [1.54, 1.807) is 12.3 Å². The van der Waals surface area contributed by atoms with Gasteiger partial charge < -0.3 is 4.90 Å². The second kappa shape index (κ2) is 6.20. The lowest BCUT2D eigenvalue weighted by Gasteiger charge is -2.33. The molecule has 7 heteroatoms. The highest BCUT2D eigenvalue weighted by Gasteiger charge is 2.21. The molecule has 0 aromatic carbocycles. The lowest BCUT2D eigenvalue weighted by molar-refractivity contribution is 0.409. The van der Waals surface area contributed by atoms with E-state index in [1.807, 2.05) is 12.1 Å². The Hall–Kier alpha value is -1.65. The number of rotatable bonds is 4. The van der Waals surface area contributed by atoms with Crippen LogP contribution in [-0.4, -0.2) is 39.3 Å². The van der Waals surface area contributed by atoms with Crippen LogP contribution < -0.4 is 9.62 Å². The number of sulfonamides is 1. The van der Waals surface area contributed by atoms with Gasteiger partial charge in [0, 0.05) is 25.8 Å². The molecule has 1 saturated heterocycles. The number of aromatic nitrogens is 1. The minimum atomic E-state index is -3.13. The second-order valence-corrected chi connectivity index (χ2v) is 6.92. The number of nitrogens with one attached hydrogen (secondary N) is 1. The summed E-state index contributed by atoms with van der Waals surface area (Å²) in [5, 5.41) is 8.76. The second-order valence-electron chi connectivity index (χ2n) is 5.09. The number of nitriles is 1. The Bertz CT molecular complexity index is 592. The van der Waals surface area contributed by atoms with Gasteiger partial charge in [-0.1, -0.05) is 0 Å². The highest BCUT2D eigenvalue weighted by Crippen LogP contribution is 2.21. The number of pyridine rings is 1. The number of piperidine rings is 1. The Morgan fingerprint density at radius 1 is 1.55 bits per heavy atom. The van der Waals surface area contributed by atoms with E-state index in [4.69, 9.17) is 5.26 Å². The van der Waals surface area contributed by atoms with E-state index in [0.29, 0.717) is 12.1 Å². The van der Waals surface area contributed by atoms with Crippen molar-refractivity contribution in [3.8, 4) is 6.07 Å². The standard InChI is InChI=1S/C13H18N4O2S/c1-20(18,19)16-9-12-3-2-6-17(10-12)13-5-4-11(7-14)8-15-13/h4-5,8,12,16H,2-3,6,9-10H2,1H3/t12-/m0/s1. The zero-order chi connectivity index (χ0) is 14.6. The Labute approximate surface area is 119 Å². The molecule has 0 bridgehead atoms. The third-order valence-corrected chi connectivity index (χ3v) is 4.05. The summed E-state index contributed by atoms with van der Waals surface area (Å²) < 4.78 is 24.8. The summed E-state index contributed by atoms with van der Waals surface area (Å²) in [5.41, 5.74) is 0.543. The summed E-state index contributed by atoms with van der Waals surface area (Å²) in [4.78, 5) is 6.42. The number of hydrogen-bond acceptors (Lipinski definition) is 5. The fraction of sp³-hybridized carbons (Fsp3) is 0.538. The molecular formula is C13H18N4O2S. The summed E-state index contributed by atoms with van der Waals surface area (Å²) in [6.45, 7) is 2.15. The van der Waals surface area contributed by atoms with Crippen molar-refractivity contribution in [1.29, 1.82) is 5.26 Å². The fourth-order valence-electron chi connectivity index (χ4n) is 2.35. The third kappa shape index (κ3) is 4.18. The fourth-order valence-corrected chi connectivity index (χ4v) is 2.89. The number of nitrogens with zero attached hydrogens (tertiary/aromatic N) is 3. The van der Waals surface area contributed by atoms with Gasteiger partial charge in [-0.05, 0) is 30.9 Å². The van der Waals surface area contributed by atoms with E-state index in [1.165, 1.54) is 6.26 Å². The van der Waals surface area contributed by atoms with Crippen molar-refractivity contribution in [3.63, 3.8) is 0 Å². The van der Waals surface area contributed by atoms with Crippen molar-refractivity contribution in [2.75, 3.05) is 30.8 Å². The van der Waals surface area contributed by atoms with Gasteiger partial charge in [0.05, 0.1) is 11.8 Å². The maximum absolute atomic E-state index is 11.1. The van der Waals surface area contributed by atoms with Gasteiger partial charge in [0.2, 0.25) is 10.0 Å². The molecule has 6 nitrogen and oxygen atoms in total. The molecule has 108 valence electrons. The molecule has 2 rings (SSSR count). The molecule has 0 unspecified atom stereocenters. The molecule has 0 spiro atoms. The normalized spacial score (nSPS) is 19.6. The number of hydrogen-bond donors (Lipinski definition) is 1. The highest BCUT2D eigenvalue weighted by molar-refractivity contribution is 7.88. The summed E-state index contributed by atoms with van der Waals surface area (Å²) in [6, 6.07) is 5.63. The van der Waals surface area contributed by atoms with E-state index in [9.17, 15) is 8.42 Å². The summed E-state index contributed by atoms with van der Waals surface area (Å²) in [5.74, 6) is 1.13. The maximum Gasteiger partial charge on any atom is 0.208 e. The molecule has 1 N–H and O–H groups in total. The zero-order valence-electron chi connectivity index (χ0n) is 11.4. The first kappa shape index (κ1) is 14.8. The lowest BCUT2D eigenvalue weighted by Crippen LogP contribution is -2.41. The van der Waals surface area contributed by atoms with E-state index in [-0.39, 0.29) is 5.92 Å². The van der Waals surface area contributed by atoms with Crippen LogP contribution in [0.2, 0.25) is 0 Å². The smallest absolute Gasteiger partial charge is 0.208 e. The van der Waals surface area contributed by atoms with Crippen LogP contribution in [-0.2, 0) is 10.0 Å². The largest absolute Gasteiger partial charge is 0.356 e. The number of anilines is 1. The lowest BCUT2D eigenvalue weighted by atomic mass is 9.98. The molecule has 1 aliphatic rings. The van der Waals surface area contributed by atoms with Gasteiger partial charge in [0.1, 0.15) is 11.9 Å². The molecule has 0 radical (unpaired) electrons.